The molecule has 3 heterocycles. The molecule has 0 radical (unpaired) electrons. The van der Waals surface area contributed by atoms with Crippen LogP contribution in [0.25, 0.3) is 11.1 Å². The standard InChI is InChI=1S/C53H49Cl2N5O7S/c1-32-50(20-21-51(58-32)57-28-35-4-3-5-35)68(2,64)60-29-41-26-48-47(66-31-49(67-48)39-15-17-42(18-16-39)65-30-36-10-19-43(54)44(55)22-36)25-40(41)24-46(60)52(61)59-45(53(62)63)23-33-6-11-37(12-7-33)38-13-8-34(27-56)9-14-38/h6-22,25-26,35,45-46,49H,2-5,23-24,28-31H2,1H3,(H,57,58)(H,59,61)(H,62,63)/t45-,46-,49+,68?/m0/s1. The van der Waals surface area contributed by atoms with E-state index >= 15 is 4.21 Å². The number of benzene rings is 5. The van der Waals surface area contributed by atoms with Crippen LogP contribution in [0.15, 0.2) is 120 Å². The van der Waals surface area contributed by atoms with E-state index in [1.807, 2.05) is 78.9 Å². The van der Waals surface area contributed by atoms with Crippen molar-refractivity contribution in [2.45, 2.75) is 75.3 Å². The van der Waals surface area contributed by atoms with Crippen molar-refractivity contribution in [3.8, 4) is 34.4 Å². The Balaban J connectivity index is 0.949. The van der Waals surface area contributed by atoms with E-state index in [1.54, 1.807) is 47.6 Å². The molecule has 3 N–H and O–H groups in total. The molecule has 0 bridgehead atoms. The van der Waals surface area contributed by atoms with Crippen molar-refractivity contribution in [2.75, 3.05) is 18.5 Å². The number of carbonyl (C=O) groups is 2. The number of anilines is 1. The van der Waals surface area contributed by atoms with Gasteiger partial charge in [0, 0.05) is 19.5 Å². The molecule has 1 saturated carbocycles. The van der Waals surface area contributed by atoms with Crippen molar-refractivity contribution < 1.29 is 33.1 Å². The number of ether oxygens (including phenoxy) is 3. The number of hydrogen-bond donors (Lipinski definition) is 3. The lowest BCUT2D eigenvalue weighted by Crippen LogP contribution is -2.55. The topological polar surface area (TPSA) is 163 Å². The zero-order valence-electron chi connectivity index (χ0n) is 37.3. The number of fused-ring (bicyclic) bond motifs is 2. The van der Waals surface area contributed by atoms with Crippen LogP contribution in [-0.4, -0.2) is 61.6 Å². The molecule has 4 atom stereocenters. The highest BCUT2D eigenvalue weighted by Gasteiger charge is 2.40. The predicted octanol–water partition coefficient (Wildman–Crippen LogP) is 9.77. The van der Waals surface area contributed by atoms with Crippen LogP contribution in [0.4, 0.5) is 5.82 Å². The second-order valence-electron chi connectivity index (χ2n) is 17.5. The third-order valence-corrected chi connectivity index (χ3v) is 15.9. The number of nitrogens with one attached hydrogen (secondary N) is 2. The molecule has 9 rings (SSSR count). The van der Waals surface area contributed by atoms with Crippen molar-refractivity contribution in [3.63, 3.8) is 0 Å². The molecule has 2 aliphatic heterocycles. The fraction of sp³-hybridized carbons (Fsp3) is 0.264. The van der Waals surface area contributed by atoms with E-state index in [1.165, 1.54) is 19.3 Å². The summed E-state index contributed by atoms with van der Waals surface area (Å²) in [6.45, 7) is 3.17. The maximum atomic E-state index is 15.3. The highest BCUT2D eigenvalue weighted by atomic mass is 35.5. The van der Waals surface area contributed by atoms with E-state index in [4.69, 9.17) is 42.4 Å². The Morgan fingerprint density at radius 2 is 1.63 bits per heavy atom. The molecular weight excluding hydrogens is 922 g/mol. The minimum absolute atomic E-state index is 0.00443. The summed E-state index contributed by atoms with van der Waals surface area (Å²) in [5, 5.41) is 26.7. The van der Waals surface area contributed by atoms with Crippen LogP contribution < -0.4 is 24.8 Å². The zero-order valence-corrected chi connectivity index (χ0v) is 39.6. The number of aromatic nitrogens is 1. The first kappa shape index (κ1) is 46.5. The molecule has 0 spiro atoms. The summed E-state index contributed by atoms with van der Waals surface area (Å²) in [5.41, 5.74) is 6.86. The molecule has 3 aliphatic rings. The number of rotatable bonds is 15. The van der Waals surface area contributed by atoms with Crippen molar-refractivity contribution in [1.29, 1.82) is 5.26 Å². The third kappa shape index (κ3) is 10.3. The number of amides is 1. The maximum absolute atomic E-state index is 15.3. The normalized spacial score (nSPS) is 17.9. The number of carboxylic acids is 1. The highest BCUT2D eigenvalue weighted by Crippen LogP contribution is 2.42. The summed E-state index contributed by atoms with van der Waals surface area (Å²) in [6, 6.07) is 34.5. The van der Waals surface area contributed by atoms with Gasteiger partial charge in [-0.15, -0.1) is 0 Å². The lowest BCUT2D eigenvalue weighted by molar-refractivity contribution is -0.142. The molecule has 1 fully saturated rings. The Labute approximate surface area is 405 Å². The molecule has 68 heavy (non-hydrogen) atoms. The zero-order chi connectivity index (χ0) is 47.5. The molecule has 6 aromatic rings. The molecule has 15 heteroatoms. The number of nitriles is 1. The predicted molar refractivity (Wildman–Crippen MR) is 264 cm³/mol. The van der Waals surface area contributed by atoms with E-state index < -0.39 is 39.8 Å². The summed E-state index contributed by atoms with van der Waals surface area (Å²) in [5.74, 6) is 5.39. The first-order valence-corrected chi connectivity index (χ1v) is 24.9. The van der Waals surface area contributed by atoms with Crippen LogP contribution in [0.2, 0.25) is 10.0 Å². The van der Waals surface area contributed by atoms with Crippen LogP contribution in [0.3, 0.4) is 0 Å². The fourth-order valence-electron chi connectivity index (χ4n) is 8.73. The van der Waals surface area contributed by atoms with Gasteiger partial charge in [0.15, 0.2) is 17.6 Å². The Kier molecular flexibility index (Phi) is 13.7. The quantitative estimate of drug-likeness (QED) is 0.0845. The average molecular weight is 971 g/mol. The van der Waals surface area contributed by atoms with E-state index in [9.17, 15) is 20.0 Å². The Hall–Kier alpha value is -6.56. The molecule has 5 aromatic carbocycles. The minimum atomic E-state index is -3.41. The number of carbonyl (C=O) groups excluding carboxylic acids is 1. The van der Waals surface area contributed by atoms with E-state index in [0.29, 0.717) is 67.4 Å². The monoisotopic (exact) mass is 969 g/mol. The molecule has 348 valence electrons. The van der Waals surface area contributed by atoms with Gasteiger partial charge >= 0.3 is 5.97 Å². The third-order valence-electron chi connectivity index (χ3n) is 12.9. The lowest BCUT2D eigenvalue weighted by atomic mass is 9.85. The Morgan fingerprint density at radius 1 is 0.926 bits per heavy atom. The smallest absolute Gasteiger partial charge is 0.326 e. The SMILES string of the molecule is C=S(=O)(c1ccc(NCC2CCC2)nc1C)N1Cc2cc3c(cc2C[C@H]1C(=O)N[C@@H](Cc1ccc(-c2ccc(C#N)cc2)cc1)C(=O)O)OC[C@H](c1ccc(OCc2ccc(Cl)c(Cl)c2)cc1)O3. The highest BCUT2D eigenvalue weighted by molar-refractivity contribution is 7.98. The number of halogens is 2. The largest absolute Gasteiger partial charge is 0.489 e. The van der Waals surface area contributed by atoms with Crippen molar-refractivity contribution >= 4 is 56.5 Å². The van der Waals surface area contributed by atoms with Gasteiger partial charge in [0.25, 0.3) is 0 Å². The van der Waals surface area contributed by atoms with E-state index in [0.717, 1.165) is 39.9 Å². The Bertz CT molecular complexity index is 3010. The van der Waals surface area contributed by atoms with E-state index in [-0.39, 0.29) is 26.0 Å². The van der Waals surface area contributed by atoms with Crippen molar-refractivity contribution in [2.24, 2.45) is 5.92 Å². The fourth-order valence-corrected chi connectivity index (χ4v) is 11.0. The molecule has 1 amide bonds. The molecule has 0 saturated heterocycles. The first-order valence-electron chi connectivity index (χ1n) is 22.4. The second kappa shape index (κ2) is 20.0. The number of aliphatic carboxylic acids is 1. The van der Waals surface area contributed by atoms with Gasteiger partial charge in [-0.25, -0.2) is 18.3 Å². The van der Waals surface area contributed by atoms with Crippen LogP contribution in [0.5, 0.6) is 17.2 Å². The molecule has 1 aromatic heterocycles. The molecule has 1 aliphatic carbocycles. The van der Waals surface area contributed by atoms with Crippen LogP contribution in [0, 0.1) is 24.2 Å². The van der Waals surface area contributed by atoms with Gasteiger partial charge in [0.2, 0.25) is 5.91 Å². The second-order valence-corrected chi connectivity index (χ2v) is 20.5. The van der Waals surface area contributed by atoms with Gasteiger partial charge in [-0.1, -0.05) is 84.2 Å². The van der Waals surface area contributed by atoms with Gasteiger partial charge in [-0.3, -0.25) is 4.79 Å². The lowest BCUT2D eigenvalue weighted by Gasteiger charge is -2.39. The van der Waals surface area contributed by atoms with Crippen LogP contribution >= 0.6 is 23.2 Å². The molecule has 12 nitrogen and oxygen atoms in total. The van der Waals surface area contributed by atoms with Gasteiger partial charge in [0.1, 0.15) is 36.9 Å². The van der Waals surface area contributed by atoms with Crippen molar-refractivity contribution in [1.82, 2.24) is 14.6 Å². The van der Waals surface area contributed by atoms with E-state index in [2.05, 4.69) is 22.6 Å². The summed E-state index contributed by atoms with van der Waals surface area (Å²) < 4.78 is 35.7. The van der Waals surface area contributed by atoms with Crippen LogP contribution in [-0.2, 0) is 45.3 Å². The van der Waals surface area contributed by atoms with Crippen LogP contribution in [0.1, 0.15) is 64.4 Å². The van der Waals surface area contributed by atoms with Gasteiger partial charge < -0.3 is 30.0 Å². The maximum Gasteiger partial charge on any atom is 0.326 e. The summed E-state index contributed by atoms with van der Waals surface area (Å²) in [6.07, 6.45) is 3.24. The van der Waals surface area contributed by atoms with Gasteiger partial charge in [-0.2, -0.15) is 5.26 Å². The summed E-state index contributed by atoms with van der Waals surface area (Å²) >= 11 is 12.2. The number of pyridine rings is 1. The average Bonchev–Trinajstić information content (AvgIpc) is 3.32. The van der Waals surface area contributed by atoms with Gasteiger partial charge in [-0.05, 0) is 138 Å². The minimum Gasteiger partial charge on any atom is -0.489 e. The molecular formula is C53H49Cl2N5O7S. The summed E-state index contributed by atoms with van der Waals surface area (Å²) in [4.78, 5) is 32.5. The Morgan fingerprint density at radius 3 is 2.29 bits per heavy atom. The number of carboxylic acid groups (broad SMARTS) is 1. The number of hydrogen-bond acceptors (Lipinski definition) is 9. The van der Waals surface area contributed by atoms with Crippen molar-refractivity contribution in [3.05, 3.63) is 164 Å². The van der Waals surface area contributed by atoms with Gasteiger partial charge in [0.05, 0.1) is 42.0 Å². The summed E-state index contributed by atoms with van der Waals surface area (Å²) in [7, 11) is -3.41. The number of aryl methyl sites for hydroxylation is 1. The first-order chi connectivity index (χ1) is 32.8. The molecule has 1 unspecified atom stereocenters. The number of nitrogens with zero attached hydrogens (tertiary/aromatic N) is 3.